The monoisotopic (exact) mass is 212 g/mol. The molecule has 2 N–H and O–H groups in total. The molecule has 0 aliphatic carbocycles. The van der Waals surface area contributed by atoms with E-state index >= 15 is 0 Å². The lowest BCUT2D eigenvalue weighted by molar-refractivity contribution is 0.712. The smallest absolute Gasteiger partial charge is 0.0353 e. The van der Waals surface area contributed by atoms with Crippen molar-refractivity contribution in [1.29, 1.82) is 0 Å². The van der Waals surface area contributed by atoms with Crippen LogP contribution >= 0.6 is 0 Å². The Bertz CT molecular complexity index is 451. The average molecular weight is 212 g/mol. The molecule has 0 radical (unpaired) electrons. The van der Waals surface area contributed by atoms with E-state index in [2.05, 4.69) is 24.0 Å². The molecule has 2 nitrogen and oxygen atoms in total. The number of nitrogens with two attached hydrogens (primary N) is 1. The number of benzene rings is 1. The fourth-order valence-electron chi connectivity index (χ4n) is 1.84. The molecule has 1 heterocycles. The molecule has 0 amide bonds. The lowest BCUT2D eigenvalue weighted by Crippen LogP contribution is -2.14. The summed E-state index contributed by atoms with van der Waals surface area (Å²) in [5.74, 6) is 0. The molecule has 1 unspecified atom stereocenters. The van der Waals surface area contributed by atoms with Crippen molar-refractivity contribution < 1.29 is 0 Å². The third kappa shape index (κ3) is 2.47. The molecular weight excluding hydrogens is 196 g/mol. The van der Waals surface area contributed by atoms with Crippen molar-refractivity contribution in [2.75, 3.05) is 0 Å². The normalized spacial score (nSPS) is 12.4. The Hall–Kier alpha value is -1.67. The lowest BCUT2D eigenvalue weighted by atomic mass is 9.98. The molecule has 1 aromatic carbocycles. The Kier molecular flexibility index (Phi) is 3.32. The maximum absolute atomic E-state index is 6.19. The topological polar surface area (TPSA) is 38.9 Å². The summed E-state index contributed by atoms with van der Waals surface area (Å²) in [5.41, 5.74) is 9.79. The van der Waals surface area contributed by atoms with Crippen molar-refractivity contribution in [3.05, 3.63) is 65.5 Å². The third-order valence-corrected chi connectivity index (χ3v) is 2.78. The van der Waals surface area contributed by atoms with Crippen LogP contribution in [0.25, 0.3) is 0 Å². The van der Waals surface area contributed by atoms with E-state index in [4.69, 9.17) is 5.73 Å². The molecule has 2 rings (SSSR count). The molecule has 0 spiro atoms. The quantitative estimate of drug-likeness (QED) is 0.849. The van der Waals surface area contributed by atoms with Crippen LogP contribution in [0.4, 0.5) is 0 Å². The highest BCUT2D eigenvalue weighted by molar-refractivity contribution is 5.27. The Morgan fingerprint density at radius 2 is 1.94 bits per heavy atom. The van der Waals surface area contributed by atoms with Crippen molar-refractivity contribution in [1.82, 2.24) is 4.98 Å². The molecule has 0 bridgehead atoms. The maximum Gasteiger partial charge on any atom is 0.0353 e. The zero-order chi connectivity index (χ0) is 11.4. The van der Waals surface area contributed by atoms with Crippen molar-refractivity contribution in [3.63, 3.8) is 0 Å². The average Bonchev–Trinajstić information content (AvgIpc) is 2.31. The summed E-state index contributed by atoms with van der Waals surface area (Å²) in [5, 5.41) is 0. The van der Waals surface area contributed by atoms with Gasteiger partial charge >= 0.3 is 0 Å². The molecule has 0 aliphatic heterocycles. The van der Waals surface area contributed by atoms with Crippen LogP contribution in [-0.4, -0.2) is 4.98 Å². The Morgan fingerprint density at radius 3 is 2.62 bits per heavy atom. The summed E-state index contributed by atoms with van der Waals surface area (Å²) < 4.78 is 0. The van der Waals surface area contributed by atoms with Gasteiger partial charge in [-0.3, -0.25) is 4.98 Å². The fraction of sp³-hybridized carbons (Fsp3) is 0.214. The van der Waals surface area contributed by atoms with Crippen LogP contribution in [0.5, 0.6) is 0 Å². The second-order valence-corrected chi connectivity index (χ2v) is 4.03. The molecule has 0 aliphatic rings. The number of aromatic nitrogens is 1. The largest absolute Gasteiger partial charge is 0.324 e. The Labute approximate surface area is 96.1 Å². The van der Waals surface area contributed by atoms with Crippen LogP contribution in [0.3, 0.4) is 0 Å². The maximum atomic E-state index is 6.19. The molecule has 82 valence electrons. The van der Waals surface area contributed by atoms with Crippen LogP contribution in [0, 0.1) is 6.92 Å². The molecule has 0 fully saturated rings. The first-order valence-electron chi connectivity index (χ1n) is 5.47. The van der Waals surface area contributed by atoms with E-state index in [0.717, 1.165) is 12.0 Å². The zero-order valence-corrected chi connectivity index (χ0v) is 9.43. The molecule has 0 saturated heterocycles. The second-order valence-electron chi connectivity index (χ2n) is 4.03. The van der Waals surface area contributed by atoms with E-state index in [1.165, 1.54) is 11.1 Å². The van der Waals surface area contributed by atoms with Gasteiger partial charge in [0, 0.05) is 18.4 Å². The fourth-order valence-corrected chi connectivity index (χ4v) is 1.84. The van der Waals surface area contributed by atoms with Crippen LogP contribution < -0.4 is 5.73 Å². The van der Waals surface area contributed by atoms with Gasteiger partial charge in [0.2, 0.25) is 0 Å². The molecule has 1 aromatic heterocycles. The predicted octanol–water partition coefficient (Wildman–Crippen LogP) is 2.63. The third-order valence-electron chi connectivity index (χ3n) is 2.78. The minimum Gasteiger partial charge on any atom is -0.324 e. The van der Waals surface area contributed by atoms with Gasteiger partial charge in [-0.05, 0) is 36.1 Å². The van der Waals surface area contributed by atoms with E-state index in [0.29, 0.717) is 0 Å². The van der Waals surface area contributed by atoms with E-state index in [-0.39, 0.29) is 6.04 Å². The number of nitrogens with zero attached hydrogens (tertiary/aromatic N) is 1. The molecule has 2 heteroatoms. The number of pyridine rings is 1. The first-order chi connectivity index (χ1) is 7.77. The van der Waals surface area contributed by atoms with Crippen molar-refractivity contribution in [3.8, 4) is 0 Å². The van der Waals surface area contributed by atoms with Gasteiger partial charge in [-0.2, -0.15) is 0 Å². The SMILES string of the molecule is Cc1ccncc1C(N)Cc1ccccc1. The lowest BCUT2D eigenvalue weighted by Gasteiger charge is -2.13. The standard InChI is InChI=1S/C14H16N2/c1-11-7-8-16-10-13(11)14(15)9-12-5-3-2-4-6-12/h2-8,10,14H,9,15H2,1H3. The Balaban J connectivity index is 2.15. The summed E-state index contributed by atoms with van der Waals surface area (Å²) in [6.07, 6.45) is 4.52. The van der Waals surface area contributed by atoms with Gasteiger partial charge in [-0.25, -0.2) is 0 Å². The van der Waals surface area contributed by atoms with Gasteiger partial charge in [0.1, 0.15) is 0 Å². The number of aryl methyl sites for hydroxylation is 1. The minimum absolute atomic E-state index is 0.0242. The summed E-state index contributed by atoms with van der Waals surface area (Å²) in [6.45, 7) is 2.07. The van der Waals surface area contributed by atoms with Crippen molar-refractivity contribution in [2.24, 2.45) is 5.73 Å². The molecule has 2 aromatic rings. The van der Waals surface area contributed by atoms with Crippen LogP contribution in [0.2, 0.25) is 0 Å². The van der Waals surface area contributed by atoms with Crippen LogP contribution in [-0.2, 0) is 6.42 Å². The first kappa shape index (κ1) is 10.8. The minimum atomic E-state index is 0.0242. The van der Waals surface area contributed by atoms with E-state index < -0.39 is 0 Å². The Morgan fingerprint density at radius 1 is 1.19 bits per heavy atom. The van der Waals surface area contributed by atoms with E-state index in [9.17, 15) is 0 Å². The van der Waals surface area contributed by atoms with Crippen molar-refractivity contribution >= 4 is 0 Å². The van der Waals surface area contributed by atoms with Crippen molar-refractivity contribution in [2.45, 2.75) is 19.4 Å². The molecule has 1 atom stereocenters. The molecular formula is C14H16N2. The first-order valence-corrected chi connectivity index (χ1v) is 5.47. The van der Waals surface area contributed by atoms with Crippen LogP contribution in [0.15, 0.2) is 48.8 Å². The van der Waals surface area contributed by atoms with E-state index in [1.807, 2.05) is 30.5 Å². The highest BCUT2D eigenvalue weighted by atomic mass is 14.7. The summed E-state index contributed by atoms with van der Waals surface area (Å²) in [4.78, 5) is 4.13. The van der Waals surface area contributed by atoms with Gasteiger partial charge in [-0.15, -0.1) is 0 Å². The highest BCUT2D eigenvalue weighted by Crippen LogP contribution is 2.18. The summed E-state index contributed by atoms with van der Waals surface area (Å²) in [6, 6.07) is 12.3. The molecule has 16 heavy (non-hydrogen) atoms. The van der Waals surface area contributed by atoms with Gasteiger partial charge < -0.3 is 5.73 Å². The predicted molar refractivity (Wildman–Crippen MR) is 66.0 cm³/mol. The molecule has 0 saturated carbocycles. The summed E-state index contributed by atoms with van der Waals surface area (Å²) in [7, 11) is 0. The van der Waals surface area contributed by atoms with Gasteiger partial charge in [-0.1, -0.05) is 30.3 Å². The highest BCUT2D eigenvalue weighted by Gasteiger charge is 2.09. The number of rotatable bonds is 3. The van der Waals surface area contributed by atoms with Crippen LogP contribution in [0.1, 0.15) is 22.7 Å². The van der Waals surface area contributed by atoms with Gasteiger partial charge in [0.25, 0.3) is 0 Å². The number of hydrogen-bond acceptors (Lipinski definition) is 2. The second kappa shape index (κ2) is 4.90. The van der Waals surface area contributed by atoms with E-state index in [1.54, 1.807) is 6.20 Å². The van der Waals surface area contributed by atoms with Gasteiger partial charge in [0.15, 0.2) is 0 Å². The van der Waals surface area contributed by atoms with Gasteiger partial charge in [0.05, 0.1) is 0 Å². The zero-order valence-electron chi connectivity index (χ0n) is 9.43. The number of hydrogen-bond donors (Lipinski definition) is 1. The summed E-state index contributed by atoms with van der Waals surface area (Å²) >= 11 is 0.